The molecule has 0 radical (unpaired) electrons. The number of hydrogen-bond acceptors (Lipinski definition) is 2. The molecule has 1 unspecified atom stereocenters. The highest BCUT2D eigenvalue weighted by atomic mass is 35.5. The summed E-state index contributed by atoms with van der Waals surface area (Å²) in [5.74, 6) is -0.821. The first-order valence-electron chi connectivity index (χ1n) is 6.32. The van der Waals surface area contributed by atoms with Crippen molar-refractivity contribution in [1.82, 2.24) is 0 Å². The van der Waals surface area contributed by atoms with Gasteiger partial charge < -0.3 is 10.4 Å². The standard InChI is InChI=1S/C14H20ClNO2/c1-3-5-10-14(4-2,13(17)18)16-12-9-7-6-8-11(12)15/h6-9,16H,3-5,10H2,1-2H3,(H,17,18). The van der Waals surface area contributed by atoms with Crippen LogP contribution in [0.4, 0.5) is 5.69 Å². The molecule has 1 rings (SSSR count). The minimum atomic E-state index is -0.930. The maximum atomic E-state index is 11.6. The van der Waals surface area contributed by atoms with E-state index in [1.807, 2.05) is 25.1 Å². The van der Waals surface area contributed by atoms with E-state index in [-0.39, 0.29) is 0 Å². The van der Waals surface area contributed by atoms with E-state index in [4.69, 9.17) is 11.6 Å². The summed E-state index contributed by atoms with van der Waals surface area (Å²) in [5, 5.41) is 13.2. The molecule has 0 saturated heterocycles. The number of carboxylic acid groups (broad SMARTS) is 1. The van der Waals surface area contributed by atoms with Crippen LogP contribution in [0, 0.1) is 0 Å². The van der Waals surface area contributed by atoms with Crippen LogP contribution >= 0.6 is 11.6 Å². The molecule has 0 heterocycles. The molecule has 0 bridgehead atoms. The average molecular weight is 270 g/mol. The Bertz CT molecular complexity index is 409. The monoisotopic (exact) mass is 269 g/mol. The van der Waals surface area contributed by atoms with Gasteiger partial charge in [-0.1, -0.05) is 50.4 Å². The lowest BCUT2D eigenvalue weighted by Crippen LogP contribution is -2.46. The van der Waals surface area contributed by atoms with Gasteiger partial charge in [-0.2, -0.15) is 0 Å². The lowest BCUT2D eigenvalue weighted by Gasteiger charge is -2.31. The van der Waals surface area contributed by atoms with Crippen LogP contribution in [0.5, 0.6) is 0 Å². The molecular weight excluding hydrogens is 250 g/mol. The van der Waals surface area contributed by atoms with Gasteiger partial charge in [-0.05, 0) is 25.0 Å². The summed E-state index contributed by atoms with van der Waals surface area (Å²) in [6.07, 6.45) is 2.96. The predicted molar refractivity (Wildman–Crippen MR) is 75.3 cm³/mol. The molecule has 0 amide bonds. The van der Waals surface area contributed by atoms with Crippen LogP contribution in [-0.4, -0.2) is 16.6 Å². The summed E-state index contributed by atoms with van der Waals surface area (Å²) < 4.78 is 0. The number of rotatable bonds is 7. The number of carboxylic acids is 1. The van der Waals surface area contributed by atoms with Crippen molar-refractivity contribution in [2.45, 2.75) is 45.1 Å². The Hall–Kier alpha value is -1.22. The smallest absolute Gasteiger partial charge is 0.329 e. The summed E-state index contributed by atoms with van der Waals surface area (Å²) >= 11 is 6.07. The van der Waals surface area contributed by atoms with Crippen LogP contribution in [0.1, 0.15) is 39.5 Å². The number of unbranched alkanes of at least 4 members (excludes halogenated alkanes) is 1. The van der Waals surface area contributed by atoms with Gasteiger partial charge in [0.05, 0.1) is 10.7 Å². The number of nitrogens with one attached hydrogen (secondary N) is 1. The SMILES string of the molecule is CCCCC(CC)(Nc1ccccc1Cl)C(=O)O. The zero-order chi connectivity index (χ0) is 13.6. The van der Waals surface area contributed by atoms with Crippen molar-refractivity contribution >= 4 is 23.3 Å². The normalized spacial score (nSPS) is 13.9. The molecule has 0 fully saturated rings. The van der Waals surface area contributed by atoms with Crippen molar-refractivity contribution in [2.75, 3.05) is 5.32 Å². The number of carbonyl (C=O) groups is 1. The molecule has 1 aromatic rings. The Kier molecular flexibility index (Phi) is 5.48. The first-order chi connectivity index (χ1) is 8.55. The van der Waals surface area contributed by atoms with Crippen LogP contribution < -0.4 is 5.32 Å². The number of benzene rings is 1. The van der Waals surface area contributed by atoms with E-state index in [1.165, 1.54) is 0 Å². The van der Waals surface area contributed by atoms with E-state index in [2.05, 4.69) is 12.2 Å². The van der Waals surface area contributed by atoms with Crippen molar-refractivity contribution in [2.24, 2.45) is 0 Å². The topological polar surface area (TPSA) is 49.3 Å². The third-order valence-corrected chi connectivity index (χ3v) is 3.55. The molecule has 1 aromatic carbocycles. The highest BCUT2D eigenvalue weighted by Gasteiger charge is 2.36. The minimum absolute atomic E-state index is 0.521. The molecular formula is C14H20ClNO2. The number of aliphatic carboxylic acids is 1. The molecule has 0 saturated carbocycles. The third-order valence-electron chi connectivity index (χ3n) is 3.22. The second-order valence-corrected chi connectivity index (χ2v) is 4.86. The molecule has 0 aliphatic rings. The second-order valence-electron chi connectivity index (χ2n) is 4.45. The molecule has 2 N–H and O–H groups in total. The molecule has 18 heavy (non-hydrogen) atoms. The van der Waals surface area contributed by atoms with Crippen molar-refractivity contribution < 1.29 is 9.90 Å². The number of halogens is 1. The van der Waals surface area contributed by atoms with Gasteiger partial charge in [-0.3, -0.25) is 0 Å². The van der Waals surface area contributed by atoms with Gasteiger partial charge in [0.15, 0.2) is 0 Å². The van der Waals surface area contributed by atoms with Crippen LogP contribution in [0.2, 0.25) is 5.02 Å². The first kappa shape index (κ1) is 14.8. The second kappa shape index (κ2) is 6.64. The fourth-order valence-electron chi connectivity index (χ4n) is 1.94. The van der Waals surface area contributed by atoms with Crippen LogP contribution in [0.3, 0.4) is 0 Å². The van der Waals surface area contributed by atoms with Gasteiger partial charge in [0.2, 0.25) is 0 Å². The number of hydrogen-bond donors (Lipinski definition) is 2. The zero-order valence-corrected chi connectivity index (χ0v) is 11.6. The Morgan fingerprint density at radius 1 is 1.39 bits per heavy atom. The van der Waals surface area contributed by atoms with Crippen molar-refractivity contribution in [3.05, 3.63) is 29.3 Å². The Morgan fingerprint density at radius 3 is 2.56 bits per heavy atom. The molecule has 3 nitrogen and oxygen atoms in total. The van der Waals surface area contributed by atoms with Crippen molar-refractivity contribution in [3.8, 4) is 0 Å². The fraction of sp³-hybridized carbons (Fsp3) is 0.500. The number of anilines is 1. The summed E-state index contributed by atoms with van der Waals surface area (Å²) in [6.45, 7) is 3.94. The lowest BCUT2D eigenvalue weighted by atomic mass is 9.89. The van der Waals surface area contributed by atoms with Gasteiger partial charge in [0.25, 0.3) is 0 Å². The molecule has 4 heteroatoms. The molecule has 0 spiro atoms. The van der Waals surface area contributed by atoms with E-state index in [1.54, 1.807) is 6.07 Å². The van der Waals surface area contributed by atoms with Gasteiger partial charge in [0.1, 0.15) is 5.54 Å². The molecule has 1 atom stereocenters. The lowest BCUT2D eigenvalue weighted by molar-refractivity contribution is -0.142. The largest absolute Gasteiger partial charge is 0.480 e. The van der Waals surface area contributed by atoms with Gasteiger partial charge in [0, 0.05) is 0 Å². The summed E-state index contributed by atoms with van der Waals surface area (Å²) in [5.41, 5.74) is -0.249. The van der Waals surface area contributed by atoms with Crippen LogP contribution in [0.25, 0.3) is 0 Å². The van der Waals surface area contributed by atoms with E-state index in [0.29, 0.717) is 23.6 Å². The molecule has 0 aromatic heterocycles. The van der Waals surface area contributed by atoms with E-state index in [0.717, 1.165) is 12.8 Å². The predicted octanol–water partition coefficient (Wildman–Crippen LogP) is 4.18. The number of para-hydroxylation sites is 1. The maximum absolute atomic E-state index is 11.6. The maximum Gasteiger partial charge on any atom is 0.329 e. The van der Waals surface area contributed by atoms with E-state index in [9.17, 15) is 9.90 Å². The van der Waals surface area contributed by atoms with Crippen LogP contribution in [0.15, 0.2) is 24.3 Å². The van der Waals surface area contributed by atoms with Crippen molar-refractivity contribution in [3.63, 3.8) is 0 Å². The molecule has 100 valence electrons. The third kappa shape index (κ3) is 3.39. The zero-order valence-electron chi connectivity index (χ0n) is 10.9. The van der Waals surface area contributed by atoms with Gasteiger partial charge in [-0.15, -0.1) is 0 Å². The summed E-state index contributed by atoms with van der Waals surface area (Å²) in [4.78, 5) is 11.6. The minimum Gasteiger partial charge on any atom is -0.480 e. The summed E-state index contributed by atoms with van der Waals surface area (Å²) in [6, 6.07) is 7.23. The fourth-order valence-corrected chi connectivity index (χ4v) is 2.12. The van der Waals surface area contributed by atoms with Gasteiger partial charge >= 0.3 is 5.97 Å². The average Bonchev–Trinajstić information content (AvgIpc) is 2.36. The molecule has 0 aliphatic heterocycles. The highest BCUT2D eigenvalue weighted by molar-refractivity contribution is 6.33. The van der Waals surface area contributed by atoms with E-state index < -0.39 is 11.5 Å². The quantitative estimate of drug-likeness (QED) is 0.781. The molecule has 0 aliphatic carbocycles. The Morgan fingerprint density at radius 2 is 2.06 bits per heavy atom. The Balaban J connectivity index is 2.97. The van der Waals surface area contributed by atoms with Gasteiger partial charge in [-0.25, -0.2) is 4.79 Å². The summed E-state index contributed by atoms with van der Waals surface area (Å²) in [7, 11) is 0. The van der Waals surface area contributed by atoms with Crippen LogP contribution in [-0.2, 0) is 4.79 Å². The highest BCUT2D eigenvalue weighted by Crippen LogP contribution is 2.29. The van der Waals surface area contributed by atoms with Crippen molar-refractivity contribution in [1.29, 1.82) is 0 Å². The first-order valence-corrected chi connectivity index (χ1v) is 6.69. The Labute approximate surface area is 113 Å². The van der Waals surface area contributed by atoms with E-state index >= 15 is 0 Å².